The molecule has 0 aromatic heterocycles. The molecule has 1 aliphatic carbocycles. The average molecular weight is 540 g/mol. The Morgan fingerprint density at radius 3 is 2.21 bits per heavy atom. The van der Waals surface area contributed by atoms with Gasteiger partial charge in [0.15, 0.2) is 6.35 Å². The summed E-state index contributed by atoms with van der Waals surface area (Å²) in [6.07, 6.45) is -5.63. The fourth-order valence-electron chi connectivity index (χ4n) is 4.27. The highest BCUT2D eigenvalue weighted by Crippen LogP contribution is 2.26. The minimum Gasteiger partial charge on any atom is -0.580 e. The van der Waals surface area contributed by atoms with Crippen molar-refractivity contribution in [2.45, 2.75) is 80.8 Å². The van der Waals surface area contributed by atoms with Crippen LogP contribution in [0.2, 0.25) is 0 Å². The van der Waals surface area contributed by atoms with Crippen LogP contribution in [0, 0.1) is 0 Å². The summed E-state index contributed by atoms with van der Waals surface area (Å²) in [6.45, 7) is -0.792. The fraction of sp³-hybridized carbons (Fsp3) is 1.00. The number of halogens is 5. The zero-order valence-corrected chi connectivity index (χ0v) is 20.7. The number of rotatable bonds is 8. The maximum atomic E-state index is 13.7. The van der Waals surface area contributed by atoms with Crippen LogP contribution in [0.1, 0.15) is 32.1 Å². The van der Waals surface area contributed by atoms with E-state index in [2.05, 4.69) is 26.6 Å². The van der Waals surface area contributed by atoms with Gasteiger partial charge in [-0.2, -0.15) is 13.2 Å². The first-order valence-corrected chi connectivity index (χ1v) is 13.1. The molecular formula is C18H34ClF4N7O3S. The summed E-state index contributed by atoms with van der Waals surface area (Å²) >= 11 is 6.05. The molecule has 2 saturated heterocycles. The monoisotopic (exact) mass is 539 g/mol. The van der Waals surface area contributed by atoms with Gasteiger partial charge < -0.3 is 9.29 Å². The van der Waals surface area contributed by atoms with Gasteiger partial charge in [0.2, 0.25) is 10.6 Å². The molecule has 0 aromatic rings. The van der Waals surface area contributed by atoms with Gasteiger partial charge in [0, 0.05) is 39.3 Å². The molecule has 3 fully saturated rings. The normalized spacial score (nSPS) is 36.5. The number of nitrogens with one attached hydrogen (secondary N) is 5. The number of ether oxygens (including phenoxy) is 1. The van der Waals surface area contributed by atoms with Crippen LogP contribution >= 0.6 is 11.6 Å². The summed E-state index contributed by atoms with van der Waals surface area (Å²) < 4.78 is 83.9. The van der Waals surface area contributed by atoms with E-state index in [1.54, 1.807) is 0 Å². The fourth-order valence-corrected chi connectivity index (χ4v) is 5.74. The molecule has 7 unspecified atom stereocenters. The van der Waals surface area contributed by atoms with Gasteiger partial charge in [0.1, 0.15) is 25.4 Å². The summed E-state index contributed by atoms with van der Waals surface area (Å²) in [4.78, 5) is 0. The molecule has 34 heavy (non-hydrogen) atoms. The summed E-state index contributed by atoms with van der Waals surface area (Å²) in [6, 6.07) is -0.198. The van der Waals surface area contributed by atoms with Gasteiger partial charge in [-0.25, -0.2) is 4.39 Å². The second-order valence-corrected chi connectivity index (χ2v) is 11.7. The SMILES string of the molecule is CN(C)[S+](=O)([O-])N1CCC(NC2NC(NC3CCC(F)C(Cl)C3)NC(OCC(F)(F)F)N2)CC1. The van der Waals surface area contributed by atoms with Gasteiger partial charge in [0.25, 0.3) is 0 Å². The molecule has 10 nitrogen and oxygen atoms in total. The number of alkyl halides is 5. The largest absolute Gasteiger partial charge is 0.580 e. The molecular weight excluding hydrogens is 506 g/mol. The summed E-state index contributed by atoms with van der Waals surface area (Å²) in [7, 11) is -0.546. The lowest BCUT2D eigenvalue weighted by Gasteiger charge is -2.43. The third-order valence-corrected chi connectivity index (χ3v) is 8.51. The maximum absolute atomic E-state index is 13.7. The van der Waals surface area contributed by atoms with E-state index >= 15 is 0 Å². The van der Waals surface area contributed by atoms with Gasteiger partial charge in [-0.05, 0) is 32.1 Å². The standard InChI is InChI=1S/C18H34ClF4N7O3S/c1-29(2)34(31,32)30-7-5-11(6-8-30)24-15-26-16(25-12-3-4-14(20)13(19)9-12)28-17(27-15)33-10-18(21,22)23/h11-17,24-28H,3-10H2,1-2H3. The number of piperidine rings is 1. The minimum atomic E-state index is -4.49. The van der Waals surface area contributed by atoms with E-state index in [0.29, 0.717) is 45.2 Å². The molecule has 0 amide bonds. The van der Waals surface area contributed by atoms with Crippen molar-refractivity contribution in [1.29, 1.82) is 0 Å². The third-order valence-electron chi connectivity index (χ3n) is 6.12. The summed E-state index contributed by atoms with van der Waals surface area (Å²) in [5, 5.41) is 14.9. The number of hydrogen-bond acceptors (Lipinski definition) is 8. The van der Waals surface area contributed by atoms with Crippen LogP contribution in [-0.2, 0) is 19.5 Å². The Labute approximate surface area is 203 Å². The molecule has 3 rings (SSSR count). The van der Waals surface area contributed by atoms with Gasteiger partial charge in [0.05, 0.1) is 5.38 Å². The molecule has 7 atom stereocenters. The first kappa shape index (κ1) is 28.4. The molecule has 16 heteroatoms. The van der Waals surface area contributed by atoms with Gasteiger partial charge in [-0.15, -0.1) is 20.2 Å². The van der Waals surface area contributed by atoms with Crippen molar-refractivity contribution in [3.63, 3.8) is 0 Å². The van der Waals surface area contributed by atoms with Crippen LogP contribution in [-0.4, -0.2) is 95.7 Å². The van der Waals surface area contributed by atoms with Gasteiger partial charge in [-0.1, -0.05) is 4.21 Å². The molecule has 0 radical (unpaired) electrons. The van der Waals surface area contributed by atoms with Gasteiger partial charge >= 0.3 is 6.18 Å². The zero-order valence-electron chi connectivity index (χ0n) is 19.1. The van der Waals surface area contributed by atoms with Crippen LogP contribution < -0.4 is 26.6 Å². The molecule has 0 bridgehead atoms. The average Bonchev–Trinajstić information content (AvgIpc) is 2.74. The van der Waals surface area contributed by atoms with E-state index in [9.17, 15) is 26.3 Å². The van der Waals surface area contributed by atoms with Crippen LogP contribution in [0.4, 0.5) is 17.6 Å². The van der Waals surface area contributed by atoms with Crippen LogP contribution in [0.5, 0.6) is 0 Å². The Kier molecular flexibility index (Phi) is 9.93. The van der Waals surface area contributed by atoms with E-state index in [1.807, 2.05) is 0 Å². The Hall–Kier alpha value is -0.200. The Bertz CT molecular complexity index is 705. The highest BCUT2D eigenvalue weighted by atomic mass is 35.5. The van der Waals surface area contributed by atoms with Crippen LogP contribution in [0.15, 0.2) is 0 Å². The molecule has 0 aromatic carbocycles. The third kappa shape index (κ3) is 8.16. The molecule has 1 saturated carbocycles. The minimum absolute atomic E-state index is 0.0742. The Morgan fingerprint density at radius 2 is 1.68 bits per heavy atom. The van der Waals surface area contributed by atoms with Crippen molar-refractivity contribution in [1.82, 2.24) is 35.2 Å². The first-order valence-electron chi connectivity index (χ1n) is 11.3. The predicted octanol–water partition coefficient (Wildman–Crippen LogP) is 0.362. The quantitative estimate of drug-likeness (QED) is 0.171. The highest BCUT2D eigenvalue weighted by molar-refractivity contribution is 7.93. The second kappa shape index (κ2) is 11.9. The summed E-state index contributed by atoms with van der Waals surface area (Å²) in [5.74, 6) is 0. The van der Waals surface area contributed by atoms with E-state index in [4.69, 9.17) is 16.3 Å². The Morgan fingerprint density at radius 1 is 1.09 bits per heavy atom. The summed E-state index contributed by atoms with van der Waals surface area (Å²) in [5.41, 5.74) is 0. The lowest BCUT2D eigenvalue weighted by molar-refractivity contribution is -0.199. The molecule has 200 valence electrons. The smallest absolute Gasteiger partial charge is 0.411 e. The first-order chi connectivity index (χ1) is 15.8. The second-order valence-electron chi connectivity index (χ2n) is 9.01. The van der Waals surface area contributed by atoms with Crippen molar-refractivity contribution < 1.29 is 31.1 Å². The lowest BCUT2D eigenvalue weighted by atomic mass is 9.93. The van der Waals surface area contributed by atoms with E-state index < -0.39 is 53.8 Å². The van der Waals surface area contributed by atoms with Crippen molar-refractivity contribution in [3.8, 4) is 0 Å². The molecule has 2 heterocycles. The number of nitrogens with zero attached hydrogens (tertiary/aromatic N) is 2. The lowest BCUT2D eigenvalue weighted by Crippen LogP contribution is -2.76. The zero-order chi connectivity index (χ0) is 25.1. The predicted molar refractivity (Wildman–Crippen MR) is 118 cm³/mol. The topological polar surface area (TPSA) is 116 Å². The van der Waals surface area contributed by atoms with Crippen molar-refractivity contribution >= 4 is 22.2 Å². The molecule has 3 aliphatic rings. The van der Waals surface area contributed by atoms with E-state index in [-0.39, 0.29) is 12.1 Å². The van der Waals surface area contributed by atoms with Crippen molar-refractivity contribution in [2.75, 3.05) is 33.8 Å². The van der Waals surface area contributed by atoms with Gasteiger partial charge in [-0.3, -0.25) is 26.6 Å². The maximum Gasteiger partial charge on any atom is 0.411 e. The molecule has 5 N–H and O–H groups in total. The van der Waals surface area contributed by atoms with Crippen molar-refractivity contribution in [2.24, 2.45) is 0 Å². The Balaban J connectivity index is 1.56. The van der Waals surface area contributed by atoms with Crippen LogP contribution in [0.25, 0.3) is 0 Å². The number of hydrogen-bond donors (Lipinski definition) is 5. The molecule has 2 aliphatic heterocycles. The van der Waals surface area contributed by atoms with E-state index in [0.717, 1.165) is 4.31 Å². The highest BCUT2D eigenvalue weighted by Gasteiger charge is 2.38. The molecule has 0 spiro atoms. The van der Waals surface area contributed by atoms with E-state index in [1.165, 1.54) is 18.4 Å². The van der Waals surface area contributed by atoms with Crippen molar-refractivity contribution in [3.05, 3.63) is 0 Å². The van der Waals surface area contributed by atoms with Crippen LogP contribution in [0.3, 0.4) is 0 Å².